The Bertz CT molecular complexity index is 501. The number of alkyl halides is 1. The van der Waals surface area contributed by atoms with Gasteiger partial charge in [-0.25, -0.2) is 0 Å². The molecule has 2 N–H and O–H groups in total. The summed E-state index contributed by atoms with van der Waals surface area (Å²) >= 11 is 5.57. The Labute approximate surface area is 119 Å². The first-order chi connectivity index (χ1) is 9.28. The molecule has 0 saturated heterocycles. The number of nitrogens with one attached hydrogen (secondary N) is 1. The molecular formula is C16H18ClNO. The Kier molecular flexibility index (Phi) is 5.25. The van der Waals surface area contributed by atoms with Crippen LogP contribution in [-0.4, -0.2) is 23.6 Å². The van der Waals surface area contributed by atoms with E-state index in [0.29, 0.717) is 6.54 Å². The van der Waals surface area contributed by atoms with Crippen molar-refractivity contribution in [3.63, 3.8) is 0 Å². The standard InChI is InChI=1S/C16H18ClNO/c17-11-16(19)12-18-15-8-4-7-14(10-15)9-13-5-2-1-3-6-13/h1-8,10,16,18-19H,9,11-12H2. The zero-order chi connectivity index (χ0) is 13.5. The van der Waals surface area contributed by atoms with E-state index < -0.39 is 6.10 Å². The second-order valence-electron chi connectivity index (χ2n) is 4.55. The monoisotopic (exact) mass is 275 g/mol. The summed E-state index contributed by atoms with van der Waals surface area (Å²) in [5.41, 5.74) is 3.55. The molecule has 0 aliphatic rings. The Morgan fingerprint density at radius 1 is 1.00 bits per heavy atom. The number of benzene rings is 2. The molecule has 0 aliphatic heterocycles. The van der Waals surface area contributed by atoms with Gasteiger partial charge >= 0.3 is 0 Å². The highest BCUT2D eigenvalue weighted by molar-refractivity contribution is 6.18. The Hall–Kier alpha value is -1.51. The molecule has 2 nitrogen and oxygen atoms in total. The van der Waals surface area contributed by atoms with Gasteiger partial charge in [0.2, 0.25) is 0 Å². The van der Waals surface area contributed by atoms with E-state index >= 15 is 0 Å². The highest BCUT2D eigenvalue weighted by atomic mass is 35.5. The summed E-state index contributed by atoms with van der Waals surface area (Å²) in [4.78, 5) is 0. The molecule has 0 amide bonds. The third-order valence-electron chi connectivity index (χ3n) is 2.90. The lowest BCUT2D eigenvalue weighted by atomic mass is 10.0. The van der Waals surface area contributed by atoms with Gasteiger partial charge in [-0.05, 0) is 29.7 Å². The number of anilines is 1. The van der Waals surface area contributed by atoms with Gasteiger partial charge in [0, 0.05) is 12.2 Å². The molecule has 0 saturated carbocycles. The summed E-state index contributed by atoms with van der Waals surface area (Å²) in [6.07, 6.45) is 0.397. The van der Waals surface area contributed by atoms with Crippen LogP contribution in [0.3, 0.4) is 0 Å². The molecule has 0 heterocycles. The average molecular weight is 276 g/mol. The van der Waals surface area contributed by atoms with E-state index in [1.165, 1.54) is 11.1 Å². The van der Waals surface area contributed by atoms with Crippen LogP contribution in [0.4, 0.5) is 5.69 Å². The van der Waals surface area contributed by atoms with Crippen LogP contribution in [0.25, 0.3) is 0 Å². The highest BCUT2D eigenvalue weighted by Crippen LogP contribution is 2.14. The van der Waals surface area contributed by atoms with Crippen molar-refractivity contribution in [2.75, 3.05) is 17.7 Å². The lowest BCUT2D eigenvalue weighted by molar-refractivity contribution is 0.211. The quantitative estimate of drug-likeness (QED) is 0.793. The third kappa shape index (κ3) is 4.58. The number of rotatable bonds is 6. The van der Waals surface area contributed by atoms with Crippen LogP contribution in [0, 0.1) is 0 Å². The predicted molar refractivity (Wildman–Crippen MR) is 80.9 cm³/mol. The lowest BCUT2D eigenvalue weighted by Gasteiger charge is -2.11. The fourth-order valence-electron chi connectivity index (χ4n) is 1.91. The summed E-state index contributed by atoms with van der Waals surface area (Å²) in [6.45, 7) is 0.471. The van der Waals surface area contributed by atoms with Gasteiger partial charge in [-0.1, -0.05) is 42.5 Å². The fraction of sp³-hybridized carbons (Fsp3) is 0.250. The first-order valence-corrected chi connectivity index (χ1v) is 6.92. The van der Waals surface area contributed by atoms with Gasteiger partial charge < -0.3 is 10.4 Å². The van der Waals surface area contributed by atoms with Crippen LogP contribution < -0.4 is 5.32 Å². The van der Waals surface area contributed by atoms with Gasteiger partial charge in [-0.15, -0.1) is 11.6 Å². The maximum absolute atomic E-state index is 9.43. The van der Waals surface area contributed by atoms with Gasteiger partial charge in [0.1, 0.15) is 0 Å². The zero-order valence-corrected chi connectivity index (χ0v) is 11.5. The van der Waals surface area contributed by atoms with Crippen LogP contribution in [0.15, 0.2) is 54.6 Å². The molecule has 1 atom stereocenters. The summed E-state index contributed by atoms with van der Waals surface area (Å²) in [5.74, 6) is 0.247. The SMILES string of the molecule is OC(CCl)CNc1cccc(Cc2ccccc2)c1. The van der Waals surface area contributed by atoms with Crippen molar-refractivity contribution in [1.29, 1.82) is 0 Å². The molecule has 0 aromatic heterocycles. The number of hydrogen-bond acceptors (Lipinski definition) is 2. The fourth-order valence-corrected chi connectivity index (χ4v) is 2.02. The van der Waals surface area contributed by atoms with Crippen LogP contribution in [0.5, 0.6) is 0 Å². The van der Waals surface area contributed by atoms with Crippen LogP contribution >= 0.6 is 11.6 Å². The number of aliphatic hydroxyl groups excluding tert-OH is 1. The van der Waals surface area contributed by atoms with Crippen molar-refractivity contribution in [1.82, 2.24) is 0 Å². The molecule has 2 aromatic carbocycles. The smallest absolute Gasteiger partial charge is 0.0847 e. The van der Waals surface area contributed by atoms with Gasteiger partial charge in [0.05, 0.1) is 12.0 Å². The van der Waals surface area contributed by atoms with Gasteiger partial charge in [0.25, 0.3) is 0 Å². The molecule has 0 radical (unpaired) electrons. The topological polar surface area (TPSA) is 32.3 Å². The van der Waals surface area contributed by atoms with Gasteiger partial charge in [-0.3, -0.25) is 0 Å². The number of halogens is 1. The minimum atomic E-state index is -0.514. The highest BCUT2D eigenvalue weighted by Gasteiger charge is 2.02. The molecule has 1 unspecified atom stereocenters. The molecule has 100 valence electrons. The molecule has 0 spiro atoms. The summed E-state index contributed by atoms with van der Waals surface area (Å²) in [5, 5.41) is 12.6. The molecule has 0 fully saturated rings. The average Bonchev–Trinajstić information content (AvgIpc) is 2.46. The zero-order valence-electron chi connectivity index (χ0n) is 10.7. The van der Waals surface area contributed by atoms with Crippen molar-refractivity contribution in [2.24, 2.45) is 0 Å². The maximum Gasteiger partial charge on any atom is 0.0847 e. The maximum atomic E-state index is 9.43. The van der Waals surface area contributed by atoms with Crippen molar-refractivity contribution < 1.29 is 5.11 Å². The Morgan fingerprint density at radius 3 is 2.47 bits per heavy atom. The molecule has 0 bridgehead atoms. The molecule has 0 aliphatic carbocycles. The minimum absolute atomic E-state index is 0.247. The molecule has 2 rings (SSSR count). The van der Waals surface area contributed by atoms with Crippen molar-refractivity contribution in [2.45, 2.75) is 12.5 Å². The predicted octanol–water partition coefficient (Wildman–Crippen LogP) is 3.29. The summed E-state index contributed by atoms with van der Waals surface area (Å²) in [6, 6.07) is 18.6. The second kappa shape index (κ2) is 7.17. The molecule has 3 heteroatoms. The van der Waals surface area contributed by atoms with E-state index in [2.05, 4.69) is 29.6 Å². The van der Waals surface area contributed by atoms with E-state index in [9.17, 15) is 5.11 Å². The van der Waals surface area contributed by atoms with E-state index in [1.54, 1.807) is 0 Å². The second-order valence-corrected chi connectivity index (χ2v) is 4.86. The van der Waals surface area contributed by atoms with Gasteiger partial charge in [0.15, 0.2) is 0 Å². The van der Waals surface area contributed by atoms with E-state index in [4.69, 9.17) is 11.6 Å². The van der Waals surface area contributed by atoms with Gasteiger partial charge in [-0.2, -0.15) is 0 Å². The molecule has 2 aromatic rings. The van der Waals surface area contributed by atoms with Crippen molar-refractivity contribution in [3.8, 4) is 0 Å². The van der Waals surface area contributed by atoms with Crippen molar-refractivity contribution >= 4 is 17.3 Å². The normalized spacial score (nSPS) is 12.1. The Balaban J connectivity index is 1.99. The lowest BCUT2D eigenvalue weighted by Crippen LogP contribution is -2.20. The number of hydrogen-bond donors (Lipinski definition) is 2. The Morgan fingerprint density at radius 2 is 1.74 bits per heavy atom. The molecule has 19 heavy (non-hydrogen) atoms. The summed E-state index contributed by atoms with van der Waals surface area (Å²) < 4.78 is 0. The number of aliphatic hydroxyl groups is 1. The largest absolute Gasteiger partial charge is 0.390 e. The van der Waals surface area contributed by atoms with Crippen LogP contribution in [0.2, 0.25) is 0 Å². The van der Waals surface area contributed by atoms with Crippen LogP contribution in [-0.2, 0) is 6.42 Å². The van der Waals surface area contributed by atoms with E-state index in [-0.39, 0.29) is 5.88 Å². The molecular weight excluding hydrogens is 258 g/mol. The minimum Gasteiger partial charge on any atom is -0.390 e. The third-order valence-corrected chi connectivity index (χ3v) is 3.25. The van der Waals surface area contributed by atoms with E-state index in [0.717, 1.165) is 12.1 Å². The summed E-state index contributed by atoms with van der Waals surface area (Å²) in [7, 11) is 0. The first kappa shape index (κ1) is 13.9. The first-order valence-electron chi connectivity index (χ1n) is 6.38. The van der Waals surface area contributed by atoms with Crippen molar-refractivity contribution in [3.05, 3.63) is 65.7 Å². The van der Waals surface area contributed by atoms with E-state index in [1.807, 2.05) is 30.3 Å². The van der Waals surface area contributed by atoms with Crippen LogP contribution in [0.1, 0.15) is 11.1 Å².